The van der Waals surface area contributed by atoms with Gasteiger partial charge in [0.1, 0.15) is 0 Å². The predicted octanol–water partition coefficient (Wildman–Crippen LogP) is 3.52. The Kier molecular flexibility index (Phi) is 2.87. The Balaban J connectivity index is 1.81. The fourth-order valence-electron chi connectivity index (χ4n) is 4.35. The van der Waals surface area contributed by atoms with E-state index in [0.29, 0.717) is 17.3 Å². The summed E-state index contributed by atoms with van der Waals surface area (Å²) in [6.07, 6.45) is 2.68. The van der Waals surface area contributed by atoms with Crippen LogP contribution in [-0.4, -0.2) is 24.1 Å². The van der Waals surface area contributed by atoms with Crippen LogP contribution >= 0.6 is 11.6 Å². The Morgan fingerprint density at radius 1 is 1.22 bits per heavy atom. The van der Waals surface area contributed by atoms with E-state index in [1.54, 1.807) is 0 Å². The van der Waals surface area contributed by atoms with Gasteiger partial charge in [0, 0.05) is 0 Å². The molecular weight excluding hydrogens is 246 g/mol. The highest BCUT2D eigenvalue weighted by Crippen LogP contribution is 2.65. The number of rotatable bonds is 2. The van der Waals surface area contributed by atoms with Crippen molar-refractivity contribution in [3.05, 3.63) is 0 Å². The molecular formula is C14H24BClO2. The number of hydrogen-bond acceptors (Lipinski definition) is 2. The Morgan fingerprint density at radius 3 is 2.44 bits per heavy atom. The van der Waals surface area contributed by atoms with E-state index in [2.05, 4.69) is 34.6 Å². The van der Waals surface area contributed by atoms with Crippen LogP contribution in [0.4, 0.5) is 0 Å². The molecule has 0 amide bonds. The van der Waals surface area contributed by atoms with Gasteiger partial charge in [0.25, 0.3) is 0 Å². The van der Waals surface area contributed by atoms with Crippen molar-refractivity contribution in [2.24, 2.45) is 23.2 Å². The van der Waals surface area contributed by atoms with E-state index in [1.165, 1.54) is 6.42 Å². The molecule has 0 spiro atoms. The Hall–Kier alpha value is 0.275. The standard InChI is InChI=1S/C14H24BClO2/c1-8(2)12(16)15-17-11-7-9-6-10(13(9,3)4)14(11,5)18-15/h8-12H,6-7H2,1-5H3/t9?,10?,11-,12-,14+/m1/s1. The minimum Gasteiger partial charge on any atom is -0.404 e. The highest BCUT2D eigenvalue weighted by molar-refractivity contribution is 6.60. The van der Waals surface area contributed by atoms with E-state index in [1.807, 2.05) is 0 Å². The second-order valence-corrected chi connectivity index (χ2v) is 8.03. The molecule has 0 N–H and O–H groups in total. The molecule has 1 heterocycles. The molecule has 0 radical (unpaired) electrons. The molecule has 0 aromatic heterocycles. The first-order valence-corrected chi connectivity index (χ1v) is 7.67. The molecule has 2 nitrogen and oxygen atoms in total. The van der Waals surface area contributed by atoms with Crippen molar-refractivity contribution in [2.75, 3.05) is 0 Å². The Labute approximate surface area is 116 Å². The molecule has 0 aromatic carbocycles. The fraction of sp³-hybridized carbons (Fsp3) is 1.00. The summed E-state index contributed by atoms with van der Waals surface area (Å²) in [6, 6.07) is 0. The normalized spacial score (nSPS) is 46.8. The van der Waals surface area contributed by atoms with Crippen LogP contribution in [0.15, 0.2) is 0 Å². The van der Waals surface area contributed by atoms with Gasteiger partial charge in [-0.15, -0.1) is 11.6 Å². The first-order chi connectivity index (χ1) is 8.26. The highest BCUT2D eigenvalue weighted by atomic mass is 35.5. The van der Waals surface area contributed by atoms with E-state index >= 15 is 0 Å². The van der Waals surface area contributed by atoms with Gasteiger partial charge >= 0.3 is 7.12 Å². The zero-order valence-corrected chi connectivity index (χ0v) is 12.8. The van der Waals surface area contributed by atoms with E-state index in [-0.39, 0.29) is 24.1 Å². The summed E-state index contributed by atoms with van der Waals surface area (Å²) in [5.74, 6) is 1.80. The van der Waals surface area contributed by atoms with Crippen molar-refractivity contribution < 1.29 is 9.31 Å². The third-order valence-corrected chi connectivity index (χ3v) is 6.58. The van der Waals surface area contributed by atoms with Gasteiger partial charge in [-0.2, -0.15) is 0 Å². The zero-order valence-electron chi connectivity index (χ0n) is 12.1. The van der Waals surface area contributed by atoms with Crippen molar-refractivity contribution in [3.63, 3.8) is 0 Å². The highest BCUT2D eigenvalue weighted by Gasteiger charge is 2.68. The maximum Gasteiger partial charge on any atom is 0.477 e. The lowest BCUT2D eigenvalue weighted by Crippen LogP contribution is -2.65. The van der Waals surface area contributed by atoms with E-state index in [4.69, 9.17) is 20.9 Å². The van der Waals surface area contributed by atoms with Gasteiger partial charge in [-0.25, -0.2) is 0 Å². The van der Waals surface area contributed by atoms with Crippen molar-refractivity contribution in [1.82, 2.24) is 0 Å². The molecule has 18 heavy (non-hydrogen) atoms. The van der Waals surface area contributed by atoms with Crippen LogP contribution in [0.25, 0.3) is 0 Å². The lowest BCUT2D eigenvalue weighted by Gasteiger charge is -2.64. The van der Waals surface area contributed by atoms with E-state index in [0.717, 1.165) is 12.3 Å². The summed E-state index contributed by atoms with van der Waals surface area (Å²) in [7, 11) is -0.225. The molecule has 5 atom stereocenters. The van der Waals surface area contributed by atoms with Crippen LogP contribution in [0.1, 0.15) is 47.5 Å². The summed E-state index contributed by atoms with van der Waals surface area (Å²) in [5.41, 5.74) is 0.286. The Morgan fingerprint density at radius 2 is 1.89 bits per heavy atom. The maximum atomic E-state index is 6.43. The molecule has 1 saturated heterocycles. The van der Waals surface area contributed by atoms with Gasteiger partial charge in [0.2, 0.25) is 0 Å². The first-order valence-electron chi connectivity index (χ1n) is 7.24. The van der Waals surface area contributed by atoms with Crippen LogP contribution in [-0.2, 0) is 9.31 Å². The molecule has 2 unspecified atom stereocenters. The van der Waals surface area contributed by atoms with Crippen molar-refractivity contribution in [3.8, 4) is 0 Å². The van der Waals surface area contributed by atoms with Crippen LogP contribution in [0.5, 0.6) is 0 Å². The monoisotopic (exact) mass is 270 g/mol. The van der Waals surface area contributed by atoms with Gasteiger partial charge in [-0.1, -0.05) is 27.7 Å². The van der Waals surface area contributed by atoms with E-state index < -0.39 is 0 Å². The molecule has 4 heteroatoms. The quantitative estimate of drug-likeness (QED) is 0.565. The minimum absolute atomic E-state index is 0.0484. The van der Waals surface area contributed by atoms with Gasteiger partial charge in [-0.05, 0) is 42.9 Å². The van der Waals surface area contributed by atoms with Gasteiger partial charge in [0.15, 0.2) is 0 Å². The SMILES string of the molecule is CC(C)[C@@H](Cl)B1O[C@@H]2CC3CC(C3(C)C)[C@]2(C)O1. The first kappa shape index (κ1) is 13.3. The molecule has 3 aliphatic carbocycles. The third kappa shape index (κ3) is 1.56. The second kappa shape index (κ2) is 3.89. The number of alkyl halides is 1. The largest absolute Gasteiger partial charge is 0.477 e. The van der Waals surface area contributed by atoms with Crippen molar-refractivity contribution in [2.45, 2.75) is 64.4 Å². The molecule has 102 valence electrons. The average molecular weight is 271 g/mol. The maximum absolute atomic E-state index is 6.43. The Bertz CT molecular complexity index is 360. The van der Waals surface area contributed by atoms with Crippen LogP contribution in [0, 0.1) is 23.2 Å². The summed E-state index contributed by atoms with van der Waals surface area (Å²) >= 11 is 6.43. The average Bonchev–Trinajstić information content (AvgIpc) is 2.63. The van der Waals surface area contributed by atoms with Gasteiger partial charge in [-0.3, -0.25) is 0 Å². The molecule has 4 fully saturated rings. The lowest BCUT2D eigenvalue weighted by molar-refractivity contribution is -0.199. The smallest absolute Gasteiger partial charge is 0.404 e. The van der Waals surface area contributed by atoms with Gasteiger partial charge < -0.3 is 9.31 Å². The molecule has 4 rings (SSSR count). The molecule has 4 aliphatic rings. The third-order valence-electron chi connectivity index (χ3n) is 5.87. The summed E-state index contributed by atoms with van der Waals surface area (Å²) in [4.78, 5) is 0. The minimum atomic E-state index is -0.225. The predicted molar refractivity (Wildman–Crippen MR) is 74.6 cm³/mol. The fourth-order valence-corrected chi connectivity index (χ4v) is 4.46. The topological polar surface area (TPSA) is 18.5 Å². The zero-order chi connectivity index (χ0) is 13.3. The van der Waals surface area contributed by atoms with Crippen LogP contribution in [0.3, 0.4) is 0 Å². The summed E-state index contributed by atoms with van der Waals surface area (Å²) < 4.78 is 12.4. The van der Waals surface area contributed by atoms with E-state index in [9.17, 15) is 0 Å². The number of hydrogen-bond donors (Lipinski definition) is 0. The summed E-state index contributed by atoms with van der Waals surface area (Å²) in [6.45, 7) is 11.2. The number of halogens is 1. The van der Waals surface area contributed by atoms with Gasteiger partial charge in [0.05, 0.1) is 17.0 Å². The second-order valence-electron chi connectivity index (χ2n) is 7.53. The van der Waals surface area contributed by atoms with Crippen LogP contribution < -0.4 is 0 Å². The molecule has 0 aromatic rings. The van der Waals surface area contributed by atoms with Crippen molar-refractivity contribution in [1.29, 1.82) is 0 Å². The molecule has 1 aliphatic heterocycles. The lowest BCUT2D eigenvalue weighted by atomic mass is 9.43. The van der Waals surface area contributed by atoms with Crippen LogP contribution in [0.2, 0.25) is 0 Å². The van der Waals surface area contributed by atoms with Crippen molar-refractivity contribution >= 4 is 18.7 Å². The summed E-state index contributed by atoms with van der Waals surface area (Å²) in [5, 5.41) is -0.0484. The molecule has 3 saturated carbocycles. The molecule has 2 bridgehead atoms.